The van der Waals surface area contributed by atoms with Crippen LogP contribution in [0.5, 0.6) is 5.75 Å². The van der Waals surface area contributed by atoms with E-state index in [0.29, 0.717) is 33.8 Å². The van der Waals surface area contributed by atoms with Gasteiger partial charge in [0.2, 0.25) is 5.91 Å². The highest BCUT2D eigenvalue weighted by molar-refractivity contribution is 6.26. The van der Waals surface area contributed by atoms with Crippen LogP contribution in [0, 0.1) is 0 Å². The number of carbonyl (C=O) groups excluding carboxylic acids is 2. The fraction of sp³-hybridized carbons (Fsp3) is 0.0556. The number of hydrogen-bond donors (Lipinski definition) is 3. The summed E-state index contributed by atoms with van der Waals surface area (Å²) in [4.78, 5) is 24.3. The number of aromatic nitrogens is 2. The van der Waals surface area contributed by atoms with Gasteiger partial charge in [0, 0.05) is 18.1 Å². The van der Waals surface area contributed by atoms with E-state index >= 15 is 0 Å². The van der Waals surface area contributed by atoms with Crippen LogP contribution in [0.15, 0.2) is 42.5 Å². The molecule has 6 nitrogen and oxygen atoms in total. The second-order valence-electron chi connectivity index (χ2n) is 5.61. The molecule has 0 saturated heterocycles. The second kappa shape index (κ2) is 5.06. The molecule has 0 atom stereocenters. The van der Waals surface area contributed by atoms with E-state index in [-0.39, 0.29) is 17.4 Å². The average Bonchev–Trinajstić information content (AvgIpc) is 3.09. The van der Waals surface area contributed by atoms with Crippen LogP contribution < -0.4 is 5.32 Å². The van der Waals surface area contributed by atoms with Crippen LogP contribution in [0.4, 0.5) is 5.69 Å². The molecule has 1 aliphatic rings. The van der Waals surface area contributed by atoms with Gasteiger partial charge in [-0.2, -0.15) is 5.10 Å². The van der Waals surface area contributed by atoms with Crippen LogP contribution in [0.3, 0.4) is 0 Å². The molecule has 2 aromatic carbocycles. The molecule has 0 fully saturated rings. The Morgan fingerprint density at radius 1 is 1.12 bits per heavy atom. The molecule has 0 aliphatic heterocycles. The highest BCUT2D eigenvalue weighted by Gasteiger charge is 2.34. The minimum Gasteiger partial charge on any atom is -0.508 e. The monoisotopic (exact) mass is 319 g/mol. The fourth-order valence-electron chi connectivity index (χ4n) is 3.01. The third kappa shape index (κ3) is 2.00. The number of nitrogens with zero attached hydrogens (tertiary/aromatic N) is 1. The van der Waals surface area contributed by atoms with Crippen molar-refractivity contribution in [2.45, 2.75) is 6.92 Å². The largest absolute Gasteiger partial charge is 0.508 e. The zero-order valence-electron chi connectivity index (χ0n) is 12.8. The normalized spacial score (nSPS) is 12.0. The second-order valence-corrected chi connectivity index (χ2v) is 5.61. The van der Waals surface area contributed by atoms with E-state index in [1.54, 1.807) is 36.4 Å². The number of anilines is 1. The molecule has 0 bridgehead atoms. The number of ketones is 1. The number of nitrogens with one attached hydrogen (secondary N) is 2. The first-order valence-corrected chi connectivity index (χ1v) is 7.39. The van der Waals surface area contributed by atoms with Crippen molar-refractivity contribution in [2.75, 3.05) is 5.32 Å². The molecule has 24 heavy (non-hydrogen) atoms. The number of aromatic hydroxyl groups is 1. The smallest absolute Gasteiger partial charge is 0.221 e. The van der Waals surface area contributed by atoms with Crippen molar-refractivity contribution in [3.63, 3.8) is 0 Å². The SMILES string of the molecule is CC(=O)Nc1cccc2c1C(=O)c1c-2n[nH]c1-c1ccc(O)cc1. The summed E-state index contributed by atoms with van der Waals surface area (Å²) >= 11 is 0. The van der Waals surface area contributed by atoms with Gasteiger partial charge in [-0.1, -0.05) is 12.1 Å². The minimum atomic E-state index is -0.235. The molecule has 1 amide bonds. The number of carbonyl (C=O) groups is 2. The van der Waals surface area contributed by atoms with Gasteiger partial charge in [0.1, 0.15) is 11.4 Å². The van der Waals surface area contributed by atoms with Crippen LogP contribution >= 0.6 is 0 Å². The van der Waals surface area contributed by atoms with E-state index in [1.165, 1.54) is 6.92 Å². The lowest BCUT2D eigenvalue weighted by Crippen LogP contribution is -2.10. The van der Waals surface area contributed by atoms with E-state index in [2.05, 4.69) is 15.5 Å². The first kappa shape index (κ1) is 14.2. The lowest BCUT2D eigenvalue weighted by atomic mass is 10.0. The van der Waals surface area contributed by atoms with Gasteiger partial charge in [-0.25, -0.2) is 0 Å². The van der Waals surface area contributed by atoms with Crippen LogP contribution in [0.2, 0.25) is 0 Å². The van der Waals surface area contributed by atoms with E-state index in [4.69, 9.17) is 0 Å². The lowest BCUT2D eigenvalue weighted by Gasteiger charge is -2.08. The summed E-state index contributed by atoms with van der Waals surface area (Å²) in [6.45, 7) is 1.40. The Labute approximate surface area is 137 Å². The molecular formula is C18H13N3O3. The number of H-pyrrole nitrogens is 1. The summed E-state index contributed by atoms with van der Waals surface area (Å²) < 4.78 is 0. The summed E-state index contributed by atoms with van der Waals surface area (Å²) in [6, 6.07) is 11.8. The van der Waals surface area contributed by atoms with E-state index in [0.717, 1.165) is 5.56 Å². The summed E-state index contributed by atoms with van der Waals surface area (Å²) in [5.41, 5.74) is 4.05. The molecule has 1 heterocycles. The van der Waals surface area contributed by atoms with Crippen molar-refractivity contribution in [1.82, 2.24) is 10.2 Å². The van der Waals surface area contributed by atoms with Crippen LogP contribution in [0.25, 0.3) is 22.5 Å². The summed E-state index contributed by atoms with van der Waals surface area (Å²) in [7, 11) is 0. The zero-order valence-corrected chi connectivity index (χ0v) is 12.8. The number of phenols is 1. The molecular weight excluding hydrogens is 306 g/mol. The maximum atomic E-state index is 13.0. The standard InChI is InChI=1S/C18H13N3O3/c1-9(22)19-13-4-2-3-12-14(13)18(24)15-16(20-21-17(12)15)10-5-7-11(23)8-6-10/h2-8,23H,1H3,(H,19,22)(H,20,21). The molecule has 118 valence electrons. The Morgan fingerprint density at radius 3 is 2.58 bits per heavy atom. The molecule has 0 spiro atoms. The average molecular weight is 319 g/mol. The van der Waals surface area contributed by atoms with Crippen LogP contribution in [-0.4, -0.2) is 27.0 Å². The number of amides is 1. The fourth-order valence-corrected chi connectivity index (χ4v) is 3.01. The molecule has 3 N–H and O–H groups in total. The third-order valence-electron chi connectivity index (χ3n) is 4.01. The topological polar surface area (TPSA) is 95.1 Å². The van der Waals surface area contributed by atoms with Crippen molar-refractivity contribution in [2.24, 2.45) is 0 Å². The van der Waals surface area contributed by atoms with Crippen LogP contribution in [0.1, 0.15) is 22.8 Å². The van der Waals surface area contributed by atoms with Gasteiger partial charge < -0.3 is 10.4 Å². The van der Waals surface area contributed by atoms with Gasteiger partial charge >= 0.3 is 0 Å². The van der Waals surface area contributed by atoms with Gasteiger partial charge in [-0.3, -0.25) is 14.7 Å². The maximum Gasteiger partial charge on any atom is 0.221 e. The molecule has 0 radical (unpaired) electrons. The van der Waals surface area contributed by atoms with Crippen molar-refractivity contribution < 1.29 is 14.7 Å². The van der Waals surface area contributed by atoms with E-state index in [9.17, 15) is 14.7 Å². The van der Waals surface area contributed by atoms with Gasteiger partial charge in [-0.15, -0.1) is 0 Å². The quantitative estimate of drug-likeness (QED) is 0.529. The zero-order chi connectivity index (χ0) is 16.8. The first-order valence-electron chi connectivity index (χ1n) is 7.39. The molecule has 0 saturated carbocycles. The molecule has 6 heteroatoms. The molecule has 1 aliphatic carbocycles. The summed E-state index contributed by atoms with van der Waals surface area (Å²) in [5, 5.41) is 19.3. The first-order chi connectivity index (χ1) is 11.6. The van der Waals surface area contributed by atoms with Crippen molar-refractivity contribution in [3.05, 3.63) is 53.6 Å². The number of rotatable bonds is 2. The van der Waals surface area contributed by atoms with Gasteiger partial charge in [0.25, 0.3) is 0 Å². The minimum absolute atomic E-state index is 0.150. The Balaban J connectivity index is 1.88. The number of aromatic amines is 1. The van der Waals surface area contributed by atoms with Gasteiger partial charge in [0.15, 0.2) is 5.78 Å². The third-order valence-corrected chi connectivity index (χ3v) is 4.01. The van der Waals surface area contributed by atoms with E-state index in [1.807, 2.05) is 6.07 Å². The number of benzene rings is 2. The number of fused-ring (bicyclic) bond motifs is 3. The number of phenolic OH excluding ortho intramolecular Hbond substituents is 1. The van der Waals surface area contributed by atoms with Gasteiger partial charge in [0.05, 0.1) is 22.5 Å². The highest BCUT2D eigenvalue weighted by atomic mass is 16.3. The molecule has 0 unspecified atom stereocenters. The predicted molar refractivity (Wildman–Crippen MR) is 88.9 cm³/mol. The molecule has 1 aromatic heterocycles. The molecule has 3 aromatic rings. The van der Waals surface area contributed by atoms with Crippen molar-refractivity contribution in [1.29, 1.82) is 0 Å². The Hall–Kier alpha value is -3.41. The number of hydrogen-bond acceptors (Lipinski definition) is 4. The van der Waals surface area contributed by atoms with Crippen molar-refractivity contribution >= 4 is 17.4 Å². The highest BCUT2D eigenvalue weighted by Crippen LogP contribution is 2.42. The summed E-state index contributed by atoms with van der Waals surface area (Å²) in [5.74, 6) is -0.264. The Morgan fingerprint density at radius 2 is 1.88 bits per heavy atom. The van der Waals surface area contributed by atoms with Gasteiger partial charge in [-0.05, 0) is 30.3 Å². The lowest BCUT2D eigenvalue weighted by molar-refractivity contribution is -0.114. The predicted octanol–water partition coefficient (Wildman–Crippen LogP) is 2.95. The van der Waals surface area contributed by atoms with Crippen LogP contribution in [-0.2, 0) is 4.79 Å². The van der Waals surface area contributed by atoms with E-state index < -0.39 is 0 Å². The molecule has 4 rings (SSSR count). The summed E-state index contributed by atoms with van der Waals surface area (Å²) in [6.07, 6.45) is 0. The maximum absolute atomic E-state index is 13.0. The van der Waals surface area contributed by atoms with Crippen molar-refractivity contribution in [3.8, 4) is 28.3 Å². The Bertz CT molecular complexity index is 987. The Kier molecular flexibility index (Phi) is 2.99.